The van der Waals surface area contributed by atoms with E-state index in [0.29, 0.717) is 38.1 Å². The smallest absolute Gasteiger partial charge is 0.320 e. The van der Waals surface area contributed by atoms with Gasteiger partial charge in [0, 0.05) is 51.3 Å². The molecular weight excluding hydrogens is 424 g/mol. The number of carboxylic acid groups (broad SMARTS) is 1. The van der Waals surface area contributed by atoms with Crippen molar-refractivity contribution in [1.82, 2.24) is 24.8 Å². The highest BCUT2D eigenvalue weighted by atomic mass is 16.5. The Morgan fingerprint density at radius 2 is 1.88 bits per heavy atom. The third kappa shape index (κ3) is 7.30. The molecule has 10 heteroatoms. The van der Waals surface area contributed by atoms with E-state index in [-0.39, 0.29) is 12.5 Å². The number of aryl methyl sites for hydroxylation is 1. The number of hydrogen-bond acceptors (Lipinski definition) is 7. The minimum atomic E-state index is -0.866. The average Bonchev–Trinajstić information content (AvgIpc) is 3.62. The zero-order chi connectivity index (χ0) is 23.6. The van der Waals surface area contributed by atoms with Crippen LogP contribution in [-0.4, -0.2) is 82.2 Å². The van der Waals surface area contributed by atoms with Crippen LogP contribution in [0.25, 0.3) is 0 Å². The van der Waals surface area contributed by atoms with Crippen molar-refractivity contribution in [3.8, 4) is 6.01 Å². The van der Waals surface area contributed by atoms with Gasteiger partial charge in [0.05, 0.1) is 13.5 Å². The lowest BCUT2D eigenvalue weighted by Gasteiger charge is -2.18. The first-order valence-electron chi connectivity index (χ1n) is 11.3. The summed E-state index contributed by atoms with van der Waals surface area (Å²) in [5, 5.41) is 11.8. The monoisotopic (exact) mass is 456 g/mol. The number of anilines is 1. The molecule has 2 aliphatic rings. The Balaban J connectivity index is 0.000000323. The van der Waals surface area contributed by atoms with Crippen LogP contribution in [0.1, 0.15) is 42.9 Å². The van der Waals surface area contributed by atoms with Crippen LogP contribution in [0.3, 0.4) is 0 Å². The highest BCUT2D eigenvalue weighted by Crippen LogP contribution is 2.41. The number of rotatable bonds is 10. The molecule has 0 aromatic carbocycles. The predicted molar refractivity (Wildman–Crippen MR) is 123 cm³/mol. The molecule has 0 unspecified atom stereocenters. The van der Waals surface area contributed by atoms with Crippen LogP contribution < -0.4 is 10.1 Å². The minimum Gasteiger partial charge on any atom is -0.481 e. The second kappa shape index (κ2) is 12.0. The molecule has 2 aromatic rings. The van der Waals surface area contributed by atoms with E-state index >= 15 is 0 Å². The van der Waals surface area contributed by atoms with Crippen molar-refractivity contribution in [2.75, 3.05) is 45.7 Å². The van der Waals surface area contributed by atoms with Gasteiger partial charge < -0.3 is 25.0 Å². The number of pyridine rings is 1. The fourth-order valence-corrected chi connectivity index (χ4v) is 3.72. The summed E-state index contributed by atoms with van der Waals surface area (Å²) in [4.78, 5) is 38.6. The number of nitrogens with one attached hydrogen (secondary N) is 1. The van der Waals surface area contributed by atoms with E-state index in [1.807, 2.05) is 18.0 Å². The van der Waals surface area contributed by atoms with E-state index in [1.165, 1.54) is 25.5 Å². The standard InChI is InChI=1S/C18H26N4O3.C5H6N2O/c1-19-16-7-6-14(13-4-5-13)15(20-16)3-2-9-21-11-12-22(18(21)25)10-8-17(23)24;1-8-5-6-3-2-4-7-5/h6-7,13H,2-5,8-12H2,1H3,(H,19,20)(H,23,24);2-4H,1H3. The van der Waals surface area contributed by atoms with Crippen LogP contribution in [0.2, 0.25) is 0 Å². The van der Waals surface area contributed by atoms with Gasteiger partial charge in [-0.2, -0.15) is 0 Å². The van der Waals surface area contributed by atoms with Gasteiger partial charge in [0.15, 0.2) is 0 Å². The largest absolute Gasteiger partial charge is 0.481 e. The van der Waals surface area contributed by atoms with Gasteiger partial charge in [-0.3, -0.25) is 4.79 Å². The fourth-order valence-electron chi connectivity index (χ4n) is 3.72. The van der Waals surface area contributed by atoms with E-state index in [4.69, 9.17) is 14.8 Å². The van der Waals surface area contributed by atoms with Crippen molar-refractivity contribution in [2.24, 2.45) is 0 Å². The summed E-state index contributed by atoms with van der Waals surface area (Å²) in [5.41, 5.74) is 2.50. The summed E-state index contributed by atoms with van der Waals surface area (Å²) in [6.45, 7) is 2.28. The summed E-state index contributed by atoms with van der Waals surface area (Å²) in [6.07, 6.45) is 7.49. The van der Waals surface area contributed by atoms with Crippen LogP contribution in [-0.2, 0) is 11.2 Å². The molecule has 0 radical (unpaired) electrons. The molecule has 0 spiro atoms. The first-order valence-corrected chi connectivity index (χ1v) is 11.3. The highest BCUT2D eigenvalue weighted by Gasteiger charge is 2.29. The first-order chi connectivity index (χ1) is 16.0. The fraction of sp³-hybridized carbons (Fsp3) is 0.522. The lowest BCUT2D eigenvalue weighted by Crippen LogP contribution is -2.33. The maximum absolute atomic E-state index is 12.3. The Morgan fingerprint density at radius 3 is 2.45 bits per heavy atom. The van der Waals surface area contributed by atoms with Crippen molar-refractivity contribution in [3.63, 3.8) is 0 Å². The van der Waals surface area contributed by atoms with Gasteiger partial charge in [0.2, 0.25) is 0 Å². The molecule has 2 aromatic heterocycles. The summed E-state index contributed by atoms with van der Waals surface area (Å²) in [6, 6.07) is 6.32. The molecule has 1 saturated carbocycles. The van der Waals surface area contributed by atoms with E-state index in [0.717, 1.165) is 24.4 Å². The second-order valence-electron chi connectivity index (χ2n) is 8.00. The SMILES string of the molecule is CNc1ccc(C2CC2)c(CCCN2CCN(CCC(=O)O)C2=O)n1.COc1ncccn1. The normalized spacial score (nSPS) is 15.2. The van der Waals surface area contributed by atoms with E-state index in [2.05, 4.69) is 21.4 Å². The van der Waals surface area contributed by atoms with Gasteiger partial charge in [-0.1, -0.05) is 6.07 Å². The van der Waals surface area contributed by atoms with Gasteiger partial charge in [-0.25, -0.2) is 19.7 Å². The number of ether oxygens (including phenoxy) is 1. The lowest BCUT2D eigenvalue weighted by atomic mass is 10.0. The van der Waals surface area contributed by atoms with Gasteiger partial charge in [-0.15, -0.1) is 0 Å². The Labute approximate surface area is 194 Å². The molecule has 3 heterocycles. The molecule has 2 N–H and O–H groups in total. The molecule has 4 rings (SSSR count). The molecule has 2 amide bonds. The van der Waals surface area contributed by atoms with Crippen LogP contribution in [0.5, 0.6) is 6.01 Å². The van der Waals surface area contributed by atoms with Gasteiger partial charge in [0.25, 0.3) is 0 Å². The quantitative estimate of drug-likeness (QED) is 0.560. The summed E-state index contributed by atoms with van der Waals surface area (Å²) < 4.78 is 4.69. The number of hydrogen-bond donors (Lipinski definition) is 2. The Hall–Kier alpha value is -3.43. The van der Waals surface area contributed by atoms with E-state index in [1.54, 1.807) is 23.4 Å². The predicted octanol–water partition coefficient (Wildman–Crippen LogP) is 2.63. The van der Waals surface area contributed by atoms with Crippen LogP contribution in [0.4, 0.5) is 10.6 Å². The number of carbonyl (C=O) groups is 2. The lowest BCUT2D eigenvalue weighted by molar-refractivity contribution is -0.137. The maximum atomic E-state index is 12.3. The summed E-state index contributed by atoms with van der Waals surface area (Å²) in [5.74, 6) is 0.680. The average molecular weight is 457 g/mol. The van der Waals surface area contributed by atoms with Crippen molar-refractivity contribution in [1.29, 1.82) is 0 Å². The Kier molecular flexibility index (Phi) is 8.79. The number of aliphatic carboxylic acids is 1. The number of aromatic nitrogens is 3. The summed E-state index contributed by atoms with van der Waals surface area (Å²) >= 11 is 0. The molecule has 1 aliphatic heterocycles. The zero-order valence-corrected chi connectivity index (χ0v) is 19.2. The van der Waals surface area contributed by atoms with Crippen LogP contribution in [0, 0.1) is 0 Å². The van der Waals surface area contributed by atoms with Crippen molar-refractivity contribution >= 4 is 17.8 Å². The third-order valence-corrected chi connectivity index (χ3v) is 5.63. The van der Waals surface area contributed by atoms with E-state index < -0.39 is 5.97 Å². The Morgan fingerprint density at radius 1 is 1.18 bits per heavy atom. The molecule has 10 nitrogen and oxygen atoms in total. The number of urea groups is 1. The molecule has 33 heavy (non-hydrogen) atoms. The molecule has 0 bridgehead atoms. The van der Waals surface area contributed by atoms with Gasteiger partial charge >= 0.3 is 18.0 Å². The molecular formula is C23H32N6O4. The van der Waals surface area contributed by atoms with E-state index in [9.17, 15) is 9.59 Å². The second-order valence-corrected chi connectivity index (χ2v) is 8.00. The zero-order valence-electron chi connectivity index (χ0n) is 19.2. The Bertz CT molecular complexity index is 922. The minimum absolute atomic E-state index is 0.00502. The van der Waals surface area contributed by atoms with Crippen LogP contribution in [0.15, 0.2) is 30.6 Å². The first kappa shape index (κ1) is 24.2. The molecule has 2 fully saturated rings. The number of carbonyl (C=O) groups excluding carboxylic acids is 1. The number of methoxy groups -OCH3 is 1. The number of nitrogens with zero attached hydrogens (tertiary/aromatic N) is 5. The van der Waals surface area contributed by atoms with Crippen LogP contribution >= 0.6 is 0 Å². The maximum Gasteiger partial charge on any atom is 0.320 e. The van der Waals surface area contributed by atoms with Gasteiger partial charge in [0.1, 0.15) is 5.82 Å². The molecule has 1 saturated heterocycles. The number of carboxylic acids is 1. The third-order valence-electron chi connectivity index (χ3n) is 5.63. The topological polar surface area (TPSA) is 121 Å². The van der Waals surface area contributed by atoms with Crippen molar-refractivity contribution in [2.45, 2.75) is 38.0 Å². The molecule has 1 aliphatic carbocycles. The molecule has 178 valence electrons. The highest BCUT2D eigenvalue weighted by molar-refractivity contribution is 5.77. The molecule has 0 atom stereocenters. The summed E-state index contributed by atoms with van der Waals surface area (Å²) in [7, 11) is 3.41. The van der Waals surface area contributed by atoms with Gasteiger partial charge in [-0.05, 0) is 49.3 Å². The number of amides is 2. The van der Waals surface area contributed by atoms with Crippen molar-refractivity contribution < 1.29 is 19.4 Å². The van der Waals surface area contributed by atoms with Crippen molar-refractivity contribution in [3.05, 3.63) is 41.9 Å².